The van der Waals surface area contributed by atoms with Crippen molar-refractivity contribution in [3.05, 3.63) is 64.5 Å². The summed E-state index contributed by atoms with van der Waals surface area (Å²) in [6.07, 6.45) is 3.96. The van der Waals surface area contributed by atoms with E-state index >= 15 is 0 Å². The van der Waals surface area contributed by atoms with Gasteiger partial charge in [-0.05, 0) is 52.7 Å². The second kappa shape index (κ2) is 5.05. The number of pyridine rings is 1. The van der Waals surface area contributed by atoms with Gasteiger partial charge in [0.1, 0.15) is 12.4 Å². The van der Waals surface area contributed by atoms with E-state index in [1.165, 1.54) is 5.56 Å². The van der Waals surface area contributed by atoms with Gasteiger partial charge in [0, 0.05) is 12.4 Å². The van der Waals surface area contributed by atoms with Gasteiger partial charge in [-0.3, -0.25) is 0 Å². The first-order valence-electron chi connectivity index (χ1n) is 6.04. The second-order valence-electron chi connectivity index (χ2n) is 4.42. The molecule has 0 fully saturated rings. The molecule has 0 saturated carbocycles. The molecule has 96 valence electrons. The number of hydrogen-bond acceptors (Lipinski definition) is 2. The third-order valence-corrected chi connectivity index (χ3v) is 3.48. The SMILES string of the molecule is Cc1cccc(OCc2cn3cccc(Br)c3n2)c1. The van der Waals surface area contributed by atoms with Gasteiger partial charge in [0.2, 0.25) is 0 Å². The van der Waals surface area contributed by atoms with Crippen molar-refractivity contribution >= 4 is 21.6 Å². The highest BCUT2D eigenvalue weighted by molar-refractivity contribution is 9.10. The molecule has 0 spiro atoms. The third-order valence-electron chi connectivity index (χ3n) is 2.86. The van der Waals surface area contributed by atoms with E-state index in [1.807, 2.05) is 47.1 Å². The number of nitrogens with zero attached hydrogens (tertiary/aromatic N) is 2. The summed E-state index contributed by atoms with van der Waals surface area (Å²) in [4.78, 5) is 4.54. The van der Waals surface area contributed by atoms with Gasteiger partial charge >= 0.3 is 0 Å². The number of halogens is 1. The highest BCUT2D eigenvalue weighted by atomic mass is 79.9. The molecule has 0 saturated heterocycles. The third kappa shape index (κ3) is 2.63. The molecule has 0 radical (unpaired) electrons. The molecule has 2 aromatic heterocycles. The molecule has 4 heteroatoms. The number of hydrogen-bond donors (Lipinski definition) is 0. The summed E-state index contributed by atoms with van der Waals surface area (Å²) in [7, 11) is 0. The Morgan fingerprint density at radius 3 is 2.95 bits per heavy atom. The van der Waals surface area contributed by atoms with Crippen LogP contribution in [0, 0.1) is 6.92 Å². The van der Waals surface area contributed by atoms with E-state index in [0.29, 0.717) is 6.61 Å². The van der Waals surface area contributed by atoms with Gasteiger partial charge in [-0.15, -0.1) is 0 Å². The molecule has 3 rings (SSSR count). The standard InChI is InChI=1S/C15H13BrN2O/c1-11-4-2-5-13(8-11)19-10-12-9-18-7-3-6-14(16)15(18)17-12/h2-9H,10H2,1H3. The largest absolute Gasteiger partial charge is 0.487 e. The summed E-state index contributed by atoms with van der Waals surface area (Å²) in [5, 5.41) is 0. The monoisotopic (exact) mass is 316 g/mol. The number of aryl methyl sites for hydroxylation is 1. The van der Waals surface area contributed by atoms with Crippen LogP contribution in [0.15, 0.2) is 53.3 Å². The molecule has 1 aromatic carbocycles. The zero-order valence-corrected chi connectivity index (χ0v) is 12.1. The van der Waals surface area contributed by atoms with Crippen LogP contribution < -0.4 is 4.74 Å². The minimum atomic E-state index is 0.470. The highest BCUT2D eigenvalue weighted by Crippen LogP contribution is 2.18. The molecule has 0 unspecified atom stereocenters. The Balaban J connectivity index is 1.80. The summed E-state index contributed by atoms with van der Waals surface area (Å²) in [6.45, 7) is 2.52. The Hall–Kier alpha value is -1.81. The first kappa shape index (κ1) is 12.2. The van der Waals surface area contributed by atoms with Crippen LogP contribution in [0.4, 0.5) is 0 Å². The molecule has 3 aromatic rings. The topological polar surface area (TPSA) is 26.5 Å². The maximum atomic E-state index is 5.75. The lowest BCUT2D eigenvalue weighted by atomic mass is 10.2. The fraction of sp³-hybridized carbons (Fsp3) is 0.133. The Morgan fingerprint density at radius 2 is 2.16 bits per heavy atom. The molecule has 2 heterocycles. The van der Waals surface area contributed by atoms with Crippen molar-refractivity contribution in [1.82, 2.24) is 9.38 Å². The van der Waals surface area contributed by atoms with E-state index in [9.17, 15) is 0 Å². The van der Waals surface area contributed by atoms with Crippen molar-refractivity contribution in [2.75, 3.05) is 0 Å². The minimum absolute atomic E-state index is 0.470. The molecule has 0 amide bonds. The van der Waals surface area contributed by atoms with Gasteiger partial charge in [-0.25, -0.2) is 4.98 Å². The van der Waals surface area contributed by atoms with Crippen molar-refractivity contribution in [3.63, 3.8) is 0 Å². The number of ether oxygens (including phenoxy) is 1. The van der Waals surface area contributed by atoms with E-state index in [-0.39, 0.29) is 0 Å². The van der Waals surface area contributed by atoms with Crippen molar-refractivity contribution in [2.24, 2.45) is 0 Å². The Bertz CT molecular complexity index is 721. The molecule has 0 aliphatic carbocycles. The van der Waals surface area contributed by atoms with Gasteiger partial charge in [-0.1, -0.05) is 12.1 Å². The minimum Gasteiger partial charge on any atom is -0.487 e. The maximum Gasteiger partial charge on any atom is 0.151 e. The number of imidazole rings is 1. The fourth-order valence-corrected chi connectivity index (χ4v) is 2.41. The van der Waals surface area contributed by atoms with Crippen LogP contribution in [0.2, 0.25) is 0 Å². The van der Waals surface area contributed by atoms with E-state index in [4.69, 9.17) is 4.74 Å². The molecule has 19 heavy (non-hydrogen) atoms. The lowest BCUT2D eigenvalue weighted by molar-refractivity contribution is 0.302. The Kier molecular flexibility index (Phi) is 3.25. The second-order valence-corrected chi connectivity index (χ2v) is 5.28. The summed E-state index contributed by atoms with van der Waals surface area (Å²) < 4.78 is 8.72. The lowest BCUT2D eigenvalue weighted by Gasteiger charge is -2.04. The zero-order chi connectivity index (χ0) is 13.2. The molecule has 0 aliphatic rings. The van der Waals surface area contributed by atoms with Crippen LogP contribution in [0.25, 0.3) is 5.65 Å². The fourth-order valence-electron chi connectivity index (χ4n) is 1.96. The van der Waals surface area contributed by atoms with E-state index in [1.54, 1.807) is 0 Å². The van der Waals surface area contributed by atoms with Gasteiger partial charge in [0.05, 0.1) is 10.2 Å². The normalized spacial score (nSPS) is 10.8. The number of benzene rings is 1. The highest BCUT2D eigenvalue weighted by Gasteiger charge is 2.05. The molecule has 0 bridgehead atoms. The molecule has 0 aliphatic heterocycles. The van der Waals surface area contributed by atoms with Crippen LogP contribution in [-0.4, -0.2) is 9.38 Å². The predicted octanol–water partition coefficient (Wildman–Crippen LogP) is 3.98. The van der Waals surface area contributed by atoms with Crippen molar-refractivity contribution in [1.29, 1.82) is 0 Å². The zero-order valence-electron chi connectivity index (χ0n) is 10.5. The Labute approximate surface area is 120 Å². The van der Waals surface area contributed by atoms with Crippen molar-refractivity contribution in [2.45, 2.75) is 13.5 Å². The lowest BCUT2D eigenvalue weighted by Crippen LogP contribution is -1.95. The summed E-state index contributed by atoms with van der Waals surface area (Å²) in [5.74, 6) is 0.871. The summed E-state index contributed by atoms with van der Waals surface area (Å²) in [6, 6.07) is 12.0. The first-order valence-corrected chi connectivity index (χ1v) is 6.83. The van der Waals surface area contributed by atoms with Crippen LogP contribution in [0.5, 0.6) is 5.75 Å². The Morgan fingerprint density at radius 1 is 1.26 bits per heavy atom. The molecule has 3 nitrogen and oxygen atoms in total. The maximum absolute atomic E-state index is 5.75. The molecular weight excluding hydrogens is 304 g/mol. The van der Waals surface area contributed by atoms with E-state index < -0.39 is 0 Å². The van der Waals surface area contributed by atoms with Gasteiger partial charge in [0.15, 0.2) is 5.65 Å². The van der Waals surface area contributed by atoms with Crippen LogP contribution in [0.1, 0.15) is 11.3 Å². The van der Waals surface area contributed by atoms with E-state index in [2.05, 4.69) is 33.9 Å². The number of fused-ring (bicyclic) bond motifs is 1. The first-order chi connectivity index (χ1) is 9.22. The quantitative estimate of drug-likeness (QED) is 0.730. The average molecular weight is 317 g/mol. The van der Waals surface area contributed by atoms with Gasteiger partial charge < -0.3 is 9.14 Å². The van der Waals surface area contributed by atoms with E-state index in [0.717, 1.165) is 21.6 Å². The van der Waals surface area contributed by atoms with Crippen LogP contribution in [-0.2, 0) is 6.61 Å². The van der Waals surface area contributed by atoms with Gasteiger partial charge in [-0.2, -0.15) is 0 Å². The number of aromatic nitrogens is 2. The predicted molar refractivity (Wildman–Crippen MR) is 78.4 cm³/mol. The summed E-state index contributed by atoms with van der Waals surface area (Å²) in [5.41, 5.74) is 3.01. The van der Waals surface area contributed by atoms with Crippen molar-refractivity contribution < 1.29 is 4.74 Å². The van der Waals surface area contributed by atoms with Crippen LogP contribution >= 0.6 is 15.9 Å². The average Bonchev–Trinajstić information content (AvgIpc) is 2.81. The molecule has 0 N–H and O–H groups in total. The summed E-state index contributed by atoms with van der Waals surface area (Å²) >= 11 is 3.49. The molecule has 0 atom stereocenters. The van der Waals surface area contributed by atoms with Crippen LogP contribution in [0.3, 0.4) is 0 Å². The van der Waals surface area contributed by atoms with Crippen molar-refractivity contribution in [3.8, 4) is 5.75 Å². The smallest absolute Gasteiger partial charge is 0.151 e. The molecular formula is C15H13BrN2O. The number of rotatable bonds is 3. The van der Waals surface area contributed by atoms with Gasteiger partial charge in [0.25, 0.3) is 0 Å².